The summed E-state index contributed by atoms with van der Waals surface area (Å²) in [5, 5.41) is 0. The minimum atomic E-state index is -4.02. The van der Waals surface area contributed by atoms with Crippen LogP contribution in [-0.4, -0.2) is 71.6 Å². The third-order valence-corrected chi connectivity index (χ3v) is 12.8. The Morgan fingerprint density at radius 1 is 0.875 bits per heavy atom. The number of nitrogens with one attached hydrogen (secondary N) is 1. The van der Waals surface area contributed by atoms with Gasteiger partial charge in [0.1, 0.15) is 11.6 Å². The molecule has 2 aliphatic rings. The number of rotatable bonds is 11. The maximum Gasteiger partial charge on any atom is 0.294 e. The van der Waals surface area contributed by atoms with Crippen LogP contribution in [0.4, 0.5) is 13.2 Å². The zero-order valence-corrected chi connectivity index (χ0v) is 28.7. The molecule has 17 heteroatoms. The Morgan fingerprint density at radius 2 is 1.42 bits per heavy atom. The van der Waals surface area contributed by atoms with Crippen molar-refractivity contribution < 1.29 is 47.7 Å². The van der Waals surface area contributed by atoms with Gasteiger partial charge < -0.3 is 10.5 Å². The smallest absolute Gasteiger partial charge is 0.294 e. The van der Waals surface area contributed by atoms with Crippen LogP contribution >= 0.6 is 0 Å². The highest BCUT2D eigenvalue weighted by molar-refractivity contribution is 7.90. The molecule has 0 amide bonds. The van der Waals surface area contributed by atoms with E-state index in [2.05, 4.69) is 4.72 Å². The van der Waals surface area contributed by atoms with Gasteiger partial charge in [0.15, 0.2) is 11.6 Å². The maximum absolute atomic E-state index is 14.1. The summed E-state index contributed by atoms with van der Waals surface area (Å²) in [7, 11) is -10.2. The number of benzene rings is 3. The van der Waals surface area contributed by atoms with E-state index in [-0.39, 0.29) is 46.3 Å². The van der Waals surface area contributed by atoms with Gasteiger partial charge in [0.05, 0.1) is 22.7 Å². The van der Waals surface area contributed by atoms with E-state index < -0.39 is 59.4 Å². The Morgan fingerprint density at radius 3 is 1.96 bits per heavy atom. The van der Waals surface area contributed by atoms with Gasteiger partial charge in [-0.05, 0) is 93.0 Å². The van der Waals surface area contributed by atoms with Crippen LogP contribution in [0.3, 0.4) is 0 Å². The largest absolute Gasteiger partial charge is 0.497 e. The van der Waals surface area contributed by atoms with E-state index in [0.29, 0.717) is 37.5 Å². The normalized spacial score (nSPS) is 20.5. The molecule has 2 heterocycles. The highest BCUT2D eigenvalue weighted by atomic mass is 32.2. The summed E-state index contributed by atoms with van der Waals surface area (Å²) in [6, 6.07) is 11.9. The number of aryl methyl sites for hydroxylation is 1. The lowest BCUT2D eigenvalue weighted by Gasteiger charge is -2.40. The van der Waals surface area contributed by atoms with Gasteiger partial charge in [-0.25, -0.2) is 34.7 Å². The Balaban J connectivity index is 0.000000401. The molecule has 3 aromatic rings. The van der Waals surface area contributed by atoms with Crippen LogP contribution in [-0.2, 0) is 36.6 Å². The molecule has 2 fully saturated rings. The molecular formula is C31H38F3N3O8S3. The summed E-state index contributed by atoms with van der Waals surface area (Å²) in [5.41, 5.74) is 7.25. The topological polar surface area (TPSA) is 173 Å². The molecule has 264 valence electrons. The van der Waals surface area contributed by atoms with E-state index in [9.17, 15) is 38.4 Å². The number of fused-ring (bicyclic) bond motifs is 2. The molecule has 3 atom stereocenters. The van der Waals surface area contributed by atoms with Crippen LogP contribution in [0.15, 0.2) is 70.5 Å². The number of methoxy groups -OCH3 is 1. The zero-order valence-electron chi connectivity index (χ0n) is 26.2. The van der Waals surface area contributed by atoms with E-state index in [4.69, 9.17) is 15.0 Å². The number of ether oxygens (including phenoxy) is 1. The van der Waals surface area contributed by atoms with Gasteiger partial charge in [-0.2, -0.15) is 12.7 Å². The number of hydrogen-bond donors (Lipinski definition) is 3. The second-order valence-corrected chi connectivity index (χ2v) is 17.0. The number of nitrogens with zero attached hydrogens (tertiary/aromatic N) is 1. The van der Waals surface area contributed by atoms with E-state index in [1.54, 1.807) is 12.1 Å². The molecule has 11 nitrogen and oxygen atoms in total. The Kier molecular flexibility index (Phi) is 12.0. The molecule has 5 rings (SSSR count). The molecule has 0 saturated carbocycles. The molecule has 48 heavy (non-hydrogen) atoms. The van der Waals surface area contributed by atoms with Crippen molar-refractivity contribution >= 4 is 30.2 Å². The first-order chi connectivity index (χ1) is 22.4. The number of hydrogen-bond acceptors (Lipinski definition) is 8. The summed E-state index contributed by atoms with van der Waals surface area (Å²) in [5.74, 6) is -3.30. The lowest BCUT2D eigenvalue weighted by molar-refractivity contribution is 0.170. The van der Waals surface area contributed by atoms with Gasteiger partial charge in [-0.15, -0.1) is 0 Å². The second-order valence-electron chi connectivity index (χ2n) is 11.8. The van der Waals surface area contributed by atoms with Crippen molar-refractivity contribution in [3.8, 4) is 5.75 Å². The molecule has 0 aromatic heterocycles. The SMILES string of the molecule is COc1ccc(S(=O)(=O)NCCS(=O)(=O)N2C3CCC2CC([C@H](N)Cc2cc(F)c(F)cc2F)C3)cc1.Cc1ccc(S(=O)(=O)O)cc1. The summed E-state index contributed by atoms with van der Waals surface area (Å²) in [4.78, 5) is -0.0684. The number of sulfonamides is 2. The predicted octanol–water partition coefficient (Wildman–Crippen LogP) is 3.78. The monoisotopic (exact) mass is 733 g/mol. The van der Waals surface area contributed by atoms with Crippen LogP contribution in [0, 0.1) is 30.3 Å². The molecule has 2 unspecified atom stereocenters. The summed E-state index contributed by atoms with van der Waals surface area (Å²) in [6.45, 7) is 1.55. The van der Waals surface area contributed by atoms with Crippen molar-refractivity contribution in [1.82, 2.24) is 9.03 Å². The van der Waals surface area contributed by atoms with Crippen LogP contribution in [0.1, 0.15) is 36.8 Å². The summed E-state index contributed by atoms with van der Waals surface area (Å²) in [6.07, 6.45) is 2.21. The Labute approximate surface area is 279 Å². The molecule has 0 radical (unpaired) electrons. The highest BCUT2D eigenvalue weighted by Crippen LogP contribution is 2.42. The van der Waals surface area contributed by atoms with Crippen LogP contribution in [0.2, 0.25) is 0 Å². The minimum absolute atomic E-state index is 0.00181. The summed E-state index contributed by atoms with van der Waals surface area (Å²) < 4.78 is 131. The first-order valence-corrected chi connectivity index (χ1v) is 19.5. The zero-order chi connectivity index (χ0) is 35.4. The highest BCUT2D eigenvalue weighted by Gasteiger charge is 2.47. The van der Waals surface area contributed by atoms with Gasteiger partial charge in [0.2, 0.25) is 20.0 Å². The quantitative estimate of drug-likeness (QED) is 0.196. The molecule has 2 aliphatic heterocycles. The van der Waals surface area contributed by atoms with Gasteiger partial charge >= 0.3 is 0 Å². The lowest BCUT2D eigenvalue weighted by Crippen LogP contribution is -2.51. The average molecular weight is 734 g/mol. The average Bonchev–Trinajstić information content (AvgIpc) is 3.30. The van der Waals surface area contributed by atoms with Gasteiger partial charge in [-0.1, -0.05) is 17.7 Å². The second kappa shape index (κ2) is 15.2. The molecule has 0 aliphatic carbocycles. The van der Waals surface area contributed by atoms with Gasteiger partial charge in [-0.3, -0.25) is 4.55 Å². The fourth-order valence-corrected chi connectivity index (χ4v) is 9.58. The van der Waals surface area contributed by atoms with E-state index in [0.717, 1.165) is 11.6 Å². The fourth-order valence-electron chi connectivity index (χ4n) is 6.08. The molecule has 3 aromatic carbocycles. The first-order valence-electron chi connectivity index (χ1n) is 15.0. The third-order valence-electron chi connectivity index (χ3n) is 8.51. The van der Waals surface area contributed by atoms with Crippen molar-refractivity contribution in [2.45, 2.75) is 66.9 Å². The maximum atomic E-state index is 14.1. The van der Waals surface area contributed by atoms with Gasteiger partial charge in [0.25, 0.3) is 10.1 Å². The van der Waals surface area contributed by atoms with Crippen LogP contribution in [0.5, 0.6) is 5.75 Å². The molecular weight excluding hydrogens is 696 g/mol. The lowest BCUT2D eigenvalue weighted by atomic mass is 9.83. The van der Waals surface area contributed by atoms with Crippen molar-refractivity contribution in [1.29, 1.82) is 0 Å². The number of halogens is 3. The van der Waals surface area contributed by atoms with Crippen molar-refractivity contribution in [2.24, 2.45) is 11.7 Å². The van der Waals surface area contributed by atoms with Crippen molar-refractivity contribution in [3.63, 3.8) is 0 Å². The Bertz CT molecular complexity index is 1900. The van der Waals surface area contributed by atoms with Gasteiger partial charge in [0, 0.05) is 30.7 Å². The van der Waals surface area contributed by atoms with Crippen LogP contribution < -0.4 is 15.2 Å². The first kappa shape index (κ1) is 37.8. The Hall–Kier alpha value is -3.06. The third kappa shape index (κ3) is 9.34. The predicted molar refractivity (Wildman–Crippen MR) is 172 cm³/mol. The molecule has 2 bridgehead atoms. The standard InChI is InChI=1S/C24H30F3N3O5S2.C7H8O3S/c1-35-19-4-6-20(7-5-19)37(33,34)29-8-9-36(31,32)30-17-2-3-18(30)11-16(10-17)24(28)13-15-12-22(26)23(27)14-21(15)25;1-6-2-4-7(5-3-6)11(8,9)10/h4-7,12,14,16-18,24,29H,2-3,8-11,13,28H2,1H3;2-5H,1H3,(H,8,9,10)/t16?,17?,18?,24-;/m1./s1. The fraction of sp³-hybridized carbons (Fsp3) is 0.419. The minimum Gasteiger partial charge on any atom is -0.497 e. The van der Waals surface area contributed by atoms with Crippen molar-refractivity contribution in [2.75, 3.05) is 19.4 Å². The molecule has 4 N–H and O–H groups in total. The number of nitrogens with two attached hydrogens (primary N) is 1. The molecule has 0 spiro atoms. The summed E-state index contributed by atoms with van der Waals surface area (Å²) >= 11 is 0. The van der Waals surface area contributed by atoms with E-state index in [1.165, 1.54) is 47.8 Å². The van der Waals surface area contributed by atoms with Crippen molar-refractivity contribution in [3.05, 3.63) is 89.2 Å². The number of piperidine rings is 1. The van der Waals surface area contributed by atoms with E-state index >= 15 is 0 Å². The van der Waals surface area contributed by atoms with Crippen LogP contribution in [0.25, 0.3) is 0 Å². The van der Waals surface area contributed by atoms with E-state index in [1.807, 2.05) is 6.92 Å². The molecule has 2 saturated heterocycles.